The van der Waals surface area contributed by atoms with E-state index in [1.165, 1.54) is 12.0 Å². The van der Waals surface area contributed by atoms with Crippen molar-refractivity contribution < 1.29 is 4.79 Å². The third-order valence-corrected chi connectivity index (χ3v) is 3.83. The molecule has 0 spiro atoms. The van der Waals surface area contributed by atoms with E-state index in [9.17, 15) is 4.79 Å². The fraction of sp³-hybridized carbons (Fsp3) is 0.467. The van der Waals surface area contributed by atoms with Gasteiger partial charge in [-0.2, -0.15) is 5.10 Å². The fourth-order valence-corrected chi connectivity index (χ4v) is 2.75. The van der Waals surface area contributed by atoms with E-state index in [0.717, 1.165) is 30.5 Å². The van der Waals surface area contributed by atoms with Crippen LogP contribution < -0.4 is 0 Å². The summed E-state index contributed by atoms with van der Waals surface area (Å²) in [7, 11) is 0. The van der Waals surface area contributed by atoms with Crippen LogP contribution in [0.5, 0.6) is 0 Å². The highest BCUT2D eigenvalue weighted by molar-refractivity contribution is 6.08. The van der Waals surface area contributed by atoms with E-state index >= 15 is 0 Å². The van der Waals surface area contributed by atoms with Crippen molar-refractivity contribution >= 4 is 11.6 Å². The minimum atomic E-state index is 0.0872. The van der Waals surface area contributed by atoms with Crippen LogP contribution in [0.1, 0.15) is 36.8 Å². The number of fused-ring (bicyclic) bond motifs is 1. The van der Waals surface area contributed by atoms with Crippen LogP contribution in [0.2, 0.25) is 0 Å². The van der Waals surface area contributed by atoms with E-state index in [2.05, 4.69) is 36.3 Å². The van der Waals surface area contributed by atoms with Gasteiger partial charge in [0.25, 0.3) is 5.91 Å². The molecule has 1 aliphatic carbocycles. The molecule has 1 amide bonds. The van der Waals surface area contributed by atoms with Gasteiger partial charge in [0.05, 0.1) is 18.2 Å². The predicted octanol–water partition coefficient (Wildman–Crippen LogP) is 2.88. The lowest BCUT2D eigenvalue weighted by atomic mass is 9.87. The van der Waals surface area contributed by atoms with Gasteiger partial charge < -0.3 is 0 Å². The number of rotatable bonds is 2. The molecule has 3 nitrogen and oxygen atoms in total. The summed E-state index contributed by atoms with van der Waals surface area (Å²) in [4.78, 5) is 12.2. The van der Waals surface area contributed by atoms with Gasteiger partial charge in [-0.15, -0.1) is 0 Å². The largest absolute Gasteiger partial charge is 0.272 e. The molecule has 0 bridgehead atoms. The van der Waals surface area contributed by atoms with Gasteiger partial charge in [-0.25, -0.2) is 5.01 Å². The number of benzene rings is 1. The first kappa shape index (κ1) is 11.5. The van der Waals surface area contributed by atoms with Gasteiger partial charge in [0.15, 0.2) is 0 Å². The van der Waals surface area contributed by atoms with Crippen LogP contribution in [0.3, 0.4) is 0 Å². The molecule has 94 valence electrons. The highest BCUT2D eigenvalue weighted by Crippen LogP contribution is 2.29. The Kier molecular flexibility index (Phi) is 2.90. The fourth-order valence-electron chi connectivity index (χ4n) is 2.75. The maximum Gasteiger partial charge on any atom is 0.251 e. The summed E-state index contributed by atoms with van der Waals surface area (Å²) in [5.74, 6) is 0.287. The first-order chi connectivity index (χ1) is 8.74. The van der Waals surface area contributed by atoms with Crippen LogP contribution in [0.25, 0.3) is 0 Å². The molecule has 1 aromatic carbocycles. The number of amides is 1. The second kappa shape index (κ2) is 4.56. The Balaban J connectivity index is 1.75. The summed E-state index contributed by atoms with van der Waals surface area (Å²) in [5, 5.41) is 6.17. The van der Waals surface area contributed by atoms with Crippen molar-refractivity contribution in [1.29, 1.82) is 0 Å². The molecule has 2 aliphatic rings. The average molecular weight is 242 g/mol. The van der Waals surface area contributed by atoms with Gasteiger partial charge in [0.2, 0.25) is 0 Å². The van der Waals surface area contributed by atoms with Crippen LogP contribution in [0, 0.1) is 12.8 Å². The summed E-state index contributed by atoms with van der Waals surface area (Å²) < 4.78 is 0. The molecule has 1 unspecified atom stereocenters. The van der Waals surface area contributed by atoms with Crippen molar-refractivity contribution in [3.8, 4) is 0 Å². The molecule has 1 saturated carbocycles. The molecule has 3 rings (SSSR count). The zero-order valence-corrected chi connectivity index (χ0v) is 10.7. The predicted molar refractivity (Wildman–Crippen MR) is 71.1 cm³/mol. The number of hydrazone groups is 1. The Morgan fingerprint density at radius 1 is 1.28 bits per heavy atom. The lowest BCUT2D eigenvalue weighted by molar-refractivity contribution is -0.132. The van der Waals surface area contributed by atoms with E-state index in [0.29, 0.717) is 6.54 Å². The van der Waals surface area contributed by atoms with E-state index in [1.54, 1.807) is 5.01 Å². The molecular weight excluding hydrogens is 224 g/mol. The van der Waals surface area contributed by atoms with E-state index in [4.69, 9.17) is 0 Å². The van der Waals surface area contributed by atoms with Gasteiger partial charge >= 0.3 is 0 Å². The lowest BCUT2D eigenvalue weighted by Gasteiger charge is -2.17. The minimum absolute atomic E-state index is 0.0872. The Morgan fingerprint density at radius 3 is 2.78 bits per heavy atom. The third kappa shape index (κ3) is 2.05. The number of carbonyl (C=O) groups excluding carboxylic acids is 1. The van der Waals surface area contributed by atoms with Crippen molar-refractivity contribution in [3.05, 3.63) is 35.4 Å². The zero-order valence-electron chi connectivity index (χ0n) is 10.7. The molecule has 1 fully saturated rings. The molecule has 0 radical (unpaired) electrons. The quantitative estimate of drug-likeness (QED) is 0.785. The van der Waals surface area contributed by atoms with Crippen molar-refractivity contribution in [2.24, 2.45) is 11.0 Å². The molecule has 0 N–H and O–H groups in total. The minimum Gasteiger partial charge on any atom is -0.272 e. The van der Waals surface area contributed by atoms with E-state index < -0.39 is 0 Å². The van der Waals surface area contributed by atoms with Crippen LogP contribution in [0.15, 0.2) is 29.4 Å². The molecule has 0 aromatic heterocycles. The van der Waals surface area contributed by atoms with Gasteiger partial charge in [0, 0.05) is 0 Å². The van der Waals surface area contributed by atoms with E-state index in [-0.39, 0.29) is 11.8 Å². The van der Waals surface area contributed by atoms with Crippen LogP contribution in [0.4, 0.5) is 0 Å². The molecule has 0 saturated heterocycles. The normalized spacial score (nSPS) is 22.9. The SMILES string of the molecule is Cc1ccc(CN2N=C3CCCCC3C2=O)cc1. The molecule has 18 heavy (non-hydrogen) atoms. The first-order valence-corrected chi connectivity index (χ1v) is 6.68. The third-order valence-electron chi connectivity index (χ3n) is 3.83. The maximum atomic E-state index is 12.2. The molecule has 1 atom stereocenters. The van der Waals surface area contributed by atoms with Crippen LogP contribution in [-0.2, 0) is 11.3 Å². The number of nitrogens with zero attached hydrogens (tertiary/aromatic N) is 2. The van der Waals surface area contributed by atoms with Crippen molar-refractivity contribution in [1.82, 2.24) is 5.01 Å². The molecule has 1 aromatic rings. The zero-order chi connectivity index (χ0) is 12.5. The molecule has 1 heterocycles. The summed E-state index contributed by atoms with van der Waals surface area (Å²) in [5.41, 5.74) is 3.50. The second-order valence-corrected chi connectivity index (χ2v) is 5.27. The van der Waals surface area contributed by atoms with E-state index in [1.807, 2.05) is 0 Å². The highest BCUT2D eigenvalue weighted by Gasteiger charge is 2.36. The van der Waals surface area contributed by atoms with Crippen molar-refractivity contribution in [2.75, 3.05) is 0 Å². The Hall–Kier alpha value is -1.64. The van der Waals surface area contributed by atoms with Crippen molar-refractivity contribution in [2.45, 2.75) is 39.2 Å². The van der Waals surface area contributed by atoms with Crippen LogP contribution in [-0.4, -0.2) is 16.6 Å². The molecule has 3 heteroatoms. The summed E-state index contributed by atoms with van der Waals surface area (Å²) in [6, 6.07) is 8.31. The number of hydrogen-bond donors (Lipinski definition) is 0. The summed E-state index contributed by atoms with van der Waals surface area (Å²) in [6.07, 6.45) is 4.33. The molecule has 1 aliphatic heterocycles. The van der Waals surface area contributed by atoms with Gasteiger partial charge in [0.1, 0.15) is 0 Å². The number of hydrogen-bond acceptors (Lipinski definition) is 2. The Labute approximate surface area is 107 Å². The molecular formula is C15H18N2O. The summed E-state index contributed by atoms with van der Waals surface area (Å²) in [6.45, 7) is 2.68. The monoisotopic (exact) mass is 242 g/mol. The average Bonchev–Trinajstić information content (AvgIpc) is 2.70. The second-order valence-electron chi connectivity index (χ2n) is 5.27. The smallest absolute Gasteiger partial charge is 0.251 e. The summed E-state index contributed by atoms with van der Waals surface area (Å²) >= 11 is 0. The number of aryl methyl sites for hydroxylation is 1. The van der Waals surface area contributed by atoms with Crippen LogP contribution >= 0.6 is 0 Å². The maximum absolute atomic E-state index is 12.2. The standard InChI is InChI=1S/C15H18N2O/c1-11-6-8-12(9-7-11)10-17-15(18)13-4-2-3-5-14(13)16-17/h6-9,13H,2-5,10H2,1H3. The van der Waals surface area contributed by atoms with Gasteiger partial charge in [-0.05, 0) is 31.7 Å². The lowest BCUT2D eigenvalue weighted by Crippen LogP contribution is -2.28. The van der Waals surface area contributed by atoms with Gasteiger partial charge in [-0.3, -0.25) is 4.79 Å². The topological polar surface area (TPSA) is 32.7 Å². The Bertz CT molecular complexity index is 490. The first-order valence-electron chi connectivity index (χ1n) is 6.68. The number of carbonyl (C=O) groups is 1. The van der Waals surface area contributed by atoms with Crippen molar-refractivity contribution in [3.63, 3.8) is 0 Å². The Morgan fingerprint density at radius 2 is 2.06 bits per heavy atom. The highest BCUT2D eigenvalue weighted by atomic mass is 16.2. The van der Waals surface area contributed by atoms with Gasteiger partial charge in [-0.1, -0.05) is 36.2 Å².